The van der Waals surface area contributed by atoms with Gasteiger partial charge in [0.05, 0.1) is 0 Å². The fraction of sp³-hybridized carbons (Fsp3) is 0.133. The molecule has 0 saturated heterocycles. The van der Waals surface area contributed by atoms with E-state index in [1.165, 1.54) is 0 Å². The Bertz CT molecular complexity index is 579. The van der Waals surface area contributed by atoms with Crippen LogP contribution >= 0.6 is 0 Å². The van der Waals surface area contributed by atoms with Crippen molar-refractivity contribution < 1.29 is 9.47 Å². The van der Waals surface area contributed by atoms with Crippen LogP contribution in [0.3, 0.4) is 0 Å². The summed E-state index contributed by atoms with van der Waals surface area (Å²) in [6.45, 7) is 0.505. The third-order valence-electron chi connectivity index (χ3n) is 2.92. The Morgan fingerprint density at radius 2 is 1.68 bits per heavy atom. The Kier molecular flexibility index (Phi) is 3.06. The van der Waals surface area contributed by atoms with Crippen LogP contribution in [0.4, 0.5) is 0 Å². The summed E-state index contributed by atoms with van der Waals surface area (Å²) in [6, 6.07) is 17.7. The van der Waals surface area contributed by atoms with Crippen molar-refractivity contribution in [2.45, 2.75) is 6.04 Å². The fourth-order valence-electron chi connectivity index (χ4n) is 1.95. The molecule has 0 aliphatic carbocycles. The quantitative estimate of drug-likeness (QED) is 0.916. The number of ether oxygens (including phenoxy) is 2. The van der Waals surface area contributed by atoms with Gasteiger partial charge in [0.15, 0.2) is 0 Å². The normalized spacial score (nSPS) is 17.7. The van der Waals surface area contributed by atoms with Gasteiger partial charge in [0.2, 0.25) is 0 Å². The van der Waals surface area contributed by atoms with E-state index in [0.717, 1.165) is 17.1 Å². The smallest absolute Gasteiger partial charge is 0.282 e. The molecule has 0 saturated carbocycles. The number of hydrogen-bond acceptors (Lipinski definition) is 4. The number of amidine groups is 1. The van der Waals surface area contributed by atoms with Crippen molar-refractivity contribution in [2.75, 3.05) is 6.61 Å². The van der Waals surface area contributed by atoms with Crippen LogP contribution in [0.15, 0.2) is 59.6 Å². The Balaban J connectivity index is 1.73. The highest BCUT2D eigenvalue weighted by molar-refractivity contribution is 5.73. The van der Waals surface area contributed by atoms with Crippen LogP contribution in [0.5, 0.6) is 11.5 Å². The SMILES string of the molecule is NC1=NC(c2ccc(Oc3ccccc3)cc2)CO1. The predicted molar refractivity (Wildman–Crippen MR) is 73.3 cm³/mol. The molecule has 19 heavy (non-hydrogen) atoms. The zero-order chi connectivity index (χ0) is 13.1. The average molecular weight is 254 g/mol. The second kappa shape index (κ2) is 5.02. The lowest BCUT2D eigenvalue weighted by Gasteiger charge is -2.08. The van der Waals surface area contributed by atoms with Crippen molar-refractivity contribution in [3.8, 4) is 11.5 Å². The highest BCUT2D eigenvalue weighted by Crippen LogP contribution is 2.26. The molecule has 4 nitrogen and oxygen atoms in total. The van der Waals surface area contributed by atoms with E-state index >= 15 is 0 Å². The van der Waals surface area contributed by atoms with Gasteiger partial charge in [0, 0.05) is 0 Å². The fourth-order valence-corrected chi connectivity index (χ4v) is 1.95. The second-order valence-electron chi connectivity index (χ2n) is 4.28. The number of para-hydroxylation sites is 1. The van der Waals surface area contributed by atoms with Gasteiger partial charge in [-0.25, -0.2) is 4.99 Å². The van der Waals surface area contributed by atoms with E-state index in [1.54, 1.807) is 0 Å². The Morgan fingerprint density at radius 1 is 1.00 bits per heavy atom. The molecule has 0 radical (unpaired) electrons. The van der Waals surface area contributed by atoms with Crippen LogP contribution in [0.1, 0.15) is 11.6 Å². The summed E-state index contributed by atoms with van der Waals surface area (Å²) in [5, 5.41) is 0. The molecule has 0 bridgehead atoms. The van der Waals surface area contributed by atoms with Crippen molar-refractivity contribution >= 4 is 6.02 Å². The minimum absolute atomic E-state index is 0.00854. The first-order valence-corrected chi connectivity index (χ1v) is 6.10. The number of aliphatic imine (C=N–C) groups is 1. The molecular weight excluding hydrogens is 240 g/mol. The predicted octanol–water partition coefficient (Wildman–Crippen LogP) is 2.86. The standard InChI is InChI=1S/C15H14N2O2/c16-15-17-14(10-18-15)11-6-8-13(9-7-11)19-12-4-2-1-3-5-12/h1-9,14H,10H2,(H2,16,17). The van der Waals surface area contributed by atoms with Gasteiger partial charge in [-0.2, -0.15) is 0 Å². The van der Waals surface area contributed by atoms with E-state index in [-0.39, 0.29) is 12.1 Å². The van der Waals surface area contributed by atoms with Crippen molar-refractivity contribution in [1.29, 1.82) is 0 Å². The highest BCUT2D eigenvalue weighted by Gasteiger charge is 2.18. The minimum Gasteiger partial charge on any atom is -0.463 e. The van der Waals surface area contributed by atoms with Crippen molar-refractivity contribution in [1.82, 2.24) is 0 Å². The highest BCUT2D eigenvalue weighted by atomic mass is 16.5. The number of benzene rings is 2. The molecule has 1 atom stereocenters. The molecular formula is C15H14N2O2. The molecule has 0 aromatic heterocycles. The molecule has 1 aliphatic heterocycles. The molecule has 0 spiro atoms. The molecule has 1 unspecified atom stereocenters. The lowest BCUT2D eigenvalue weighted by Crippen LogP contribution is -2.10. The number of rotatable bonds is 3. The molecule has 4 heteroatoms. The third kappa shape index (κ3) is 2.68. The number of nitrogens with two attached hydrogens (primary N) is 1. The topological polar surface area (TPSA) is 56.8 Å². The van der Waals surface area contributed by atoms with Gasteiger partial charge in [-0.3, -0.25) is 0 Å². The maximum absolute atomic E-state index is 5.73. The lowest BCUT2D eigenvalue weighted by molar-refractivity contribution is 0.315. The average Bonchev–Trinajstić information content (AvgIpc) is 2.87. The summed E-state index contributed by atoms with van der Waals surface area (Å²) in [4.78, 5) is 4.20. The molecule has 2 aromatic carbocycles. The van der Waals surface area contributed by atoms with Crippen LogP contribution in [0, 0.1) is 0 Å². The van der Waals surface area contributed by atoms with Gasteiger partial charge in [0.1, 0.15) is 24.1 Å². The lowest BCUT2D eigenvalue weighted by atomic mass is 10.1. The summed E-state index contributed by atoms with van der Waals surface area (Å²) in [6.07, 6.45) is 0. The van der Waals surface area contributed by atoms with E-state index in [1.807, 2.05) is 54.6 Å². The largest absolute Gasteiger partial charge is 0.463 e. The Hall–Kier alpha value is -2.49. The van der Waals surface area contributed by atoms with Gasteiger partial charge in [0.25, 0.3) is 6.02 Å². The van der Waals surface area contributed by atoms with Gasteiger partial charge < -0.3 is 15.2 Å². The van der Waals surface area contributed by atoms with Gasteiger partial charge >= 0.3 is 0 Å². The number of hydrogen-bond donors (Lipinski definition) is 1. The first-order chi connectivity index (χ1) is 9.31. The maximum atomic E-state index is 5.73. The molecule has 1 heterocycles. The molecule has 2 N–H and O–H groups in total. The van der Waals surface area contributed by atoms with E-state index < -0.39 is 0 Å². The summed E-state index contributed by atoms with van der Waals surface area (Å²) in [7, 11) is 0. The van der Waals surface area contributed by atoms with E-state index in [4.69, 9.17) is 15.2 Å². The molecule has 2 aromatic rings. The summed E-state index contributed by atoms with van der Waals surface area (Å²) in [5.41, 5.74) is 6.57. The Morgan fingerprint density at radius 3 is 2.32 bits per heavy atom. The van der Waals surface area contributed by atoms with E-state index in [0.29, 0.717) is 6.61 Å². The monoisotopic (exact) mass is 254 g/mol. The summed E-state index contributed by atoms with van der Waals surface area (Å²) in [5.74, 6) is 1.62. The molecule has 0 amide bonds. The first-order valence-electron chi connectivity index (χ1n) is 6.10. The van der Waals surface area contributed by atoms with E-state index in [9.17, 15) is 0 Å². The van der Waals surface area contributed by atoms with Gasteiger partial charge in [-0.05, 0) is 29.8 Å². The molecule has 0 fully saturated rings. The summed E-state index contributed by atoms with van der Waals surface area (Å²) < 4.78 is 10.9. The zero-order valence-corrected chi connectivity index (χ0v) is 10.3. The molecule has 96 valence electrons. The summed E-state index contributed by atoms with van der Waals surface area (Å²) >= 11 is 0. The zero-order valence-electron chi connectivity index (χ0n) is 10.3. The van der Waals surface area contributed by atoms with E-state index in [2.05, 4.69) is 4.99 Å². The molecule has 1 aliphatic rings. The van der Waals surface area contributed by atoms with Crippen LogP contribution in [0.2, 0.25) is 0 Å². The second-order valence-corrected chi connectivity index (χ2v) is 4.28. The van der Waals surface area contributed by atoms with Crippen LogP contribution in [0.25, 0.3) is 0 Å². The van der Waals surface area contributed by atoms with Crippen LogP contribution in [-0.2, 0) is 4.74 Å². The van der Waals surface area contributed by atoms with Gasteiger partial charge in [-0.1, -0.05) is 30.3 Å². The van der Waals surface area contributed by atoms with Crippen LogP contribution < -0.4 is 10.5 Å². The third-order valence-corrected chi connectivity index (χ3v) is 2.92. The maximum Gasteiger partial charge on any atom is 0.282 e. The number of nitrogens with zero attached hydrogens (tertiary/aromatic N) is 1. The molecule has 3 rings (SSSR count). The van der Waals surface area contributed by atoms with Crippen molar-refractivity contribution in [3.05, 3.63) is 60.2 Å². The van der Waals surface area contributed by atoms with Gasteiger partial charge in [-0.15, -0.1) is 0 Å². The van der Waals surface area contributed by atoms with Crippen molar-refractivity contribution in [3.63, 3.8) is 0 Å². The van der Waals surface area contributed by atoms with Crippen molar-refractivity contribution in [2.24, 2.45) is 10.7 Å². The Labute approximate surface area is 111 Å². The first kappa shape index (κ1) is 11.6. The minimum atomic E-state index is -0.00854. The van der Waals surface area contributed by atoms with Crippen LogP contribution in [-0.4, -0.2) is 12.6 Å².